The molecule has 1 heterocycles. The summed E-state index contributed by atoms with van der Waals surface area (Å²) in [4.78, 5) is 15.4. The third-order valence-corrected chi connectivity index (χ3v) is 2.83. The van der Waals surface area contributed by atoms with Crippen molar-refractivity contribution in [2.75, 3.05) is 7.11 Å². The Balaban J connectivity index is 2.66. The van der Waals surface area contributed by atoms with Gasteiger partial charge in [-0.3, -0.25) is 4.98 Å². The summed E-state index contributed by atoms with van der Waals surface area (Å²) in [7, 11) is 1.06. The first-order valence-electron chi connectivity index (χ1n) is 5.51. The van der Waals surface area contributed by atoms with Crippen molar-refractivity contribution >= 4 is 5.97 Å². The molecule has 6 heteroatoms. The maximum absolute atomic E-state index is 13.1. The van der Waals surface area contributed by atoms with Crippen LogP contribution in [0.3, 0.4) is 0 Å². The number of alkyl halides is 3. The number of rotatable bonds is 2. The monoisotopic (exact) mass is 259 g/mol. The van der Waals surface area contributed by atoms with Gasteiger partial charge in [-0.05, 0) is 25.8 Å². The number of ether oxygens (including phenoxy) is 1. The van der Waals surface area contributed by atoms with Crippen molar-refractivity contribution in [3.8, 4) is 0 Å². The Hall–Kier alpha value is -1.59. The van der Waals surface area contributed by atoms with Crippen LogP contribution >= 0.6 is 0 Å². The molecule has 0 atom stereocenters. The molecule has 0 N–H and O–H groups in total. The van der Waals surface area contributed by atoms with Crippen molar-refractivity contribution in [2.24, 2.45) is 0 Å². The Morgan fingerprint density at radius 1 is 1.44 bits per heavy atom. The molecule has 1 saturated carbocycles. The summed E-state index contributed by atoms with van der Waals surface area (Å²) in [5, 5.41) is 0. The summed E-state index contributed by atoms with van der Waals surface area (Å²) in [5.41, 5.74) is -1.02. The van der Waals surface area contributed by atoms with E-state index < -0.39 is 23.3 Å². The first-order valence-corrected chi connectivity index (χ1v) is 5.51. The molecule has 0 bridgehead atoms. The lowest BCUT2D eigenvalue weighted by molar-refractivity contribution is -0.139. The third-order valence-electron chi connectivity index (χ3n) is 2.83. The summed E-state index contributed by atoms with van der Waals surface area (Å²) in [6.07, 6.45) is -3.23. The highest BCUT2D eigenvalue weighted by molar-refractivity contribution is 5.91. The number of carbonyl (C=O) groups is 1. The van der Waals surface area contributed by atoms with Crippen LogP contribution in [0.1, 0.15) is 46.1 Å². The van der Waals surface area contributed by atoms with Crippen LogP contribution in [0.15, 0.2) is 6.07 Å². The van der Waals surface area contributed by atoms with Crippen LogP contribution in [0.5, 0.6) is 0 Å². The average molecular weight is 259 g/mol. The van der Waals surface area contributed by atoms with Crippen molar-refractivity contribution in [1.29, 1.82) is 0 Å². The van der Waals surface area contributed by atoms with Gasteiger partial charge in [-0.1, -0.05) is 0 Å². The van der Waals surface area contributed by atoms with E-state index in [9.17, 15) is 18.0 Å². The second-order valence-electron chi connectivity index (χ2n) is 4.34. The van der Waals surface area contributed by atoms with Gasteiger partial charge in [0, 0.05) is 11.6 Å². The maximum atomic E-state index is 13.1. The van der Waals surface area contributed by atoms with Gasteiger partial charge in [0.15, 0.2) is 0 Å². The van der Waals surface area contributed by atoms with Crippen LogP contribution in [0, 0.1) is 6.92 Å². The van der Waals surface area contributed by atoms with Gasteiger partial charge in [-0.25, -0.2) is 4.79 Å². The van der Waals surface area contributed by atoms with Gasteiger partial charge in [0.05, 0.1) is 23.9 Å². The van der Waals surface area contributed by atoms with Gasteiger partial charge < -0.3 is 4.74 Å². The molecule has 0 spiro atoms. The fourth-order valence-corrected chi connectivity index (χ4v) is 1.92. The van der Waals surface area contributed by atoms with Crippen LogP contribution in [0.2, 0.25) is 0 Å². The predicted molar refractivity (Wildman–Crippen MR) is 57.3 cm³/mol. The lowest BCUT2D eigenvalue weighted by Crippen LogP contribution is -2.18. The quantitative estimate of drug-likeness (QED) is 0.766. The largest absolute Gasteiger partial charge is 0.465 e. The lowest BCUT2D eigenvalue weighted by atomic mass is 10.0. The molecule has 1 aliphatic rings. The van der Waals surface area contributed by atoms with E-state index in [0.29, 0.717) is 18.5 Å². The summed E-state index contributed by atoms with van der Waals surface area (Å²) < 4.78 is 43.6. The molecule has 0 saturated heterocycles. The Kier molecular flexibility index (Phi) is 3.04. The Bertz CT molecular complexity index is 493. The minimum Gasteiger partial charge on any atom is -0.465 e. The molecule has 98 valence electrons. The minimum atomic E-state index is -4.60. The number of aryl methyl sites for hydroxylation is 1. The van der Waals surface area contributed by atoms with Crippen LogP contribution in [0.25, 0.3) is 0 Å². The van der Waals surface area contributed by atoms with Crippen LogP contribution in [-0.4, -0.2) is 18.1 Å². The zero-order valence-corrected chi connectivity index (χ0v) is 9.97. The van der Waals surface area contributed by atoms with Gasteiger partial charge in [0.1, 0.15) is 0 Å². The zero-order valence-electron chi connectivity index (χ0n) is 9.97. The molecular weight excluding hydrogens is 247 g/mol. The van der Waals surface area contributed by atoms with E-state index in [1.54, 1.807) is 6.92 Å². The molecule has 1 aliphatic carbocycles. The van der Waals surface area contributed by atoms with Crippen molar-refractivity contribution < 1.29 is 22.7 Å². The highest BCUT2D eigenvalue weighted by Gasteiger charge is 2.43. The van der Waals surface area contributed by atoms with E-state index in [1.165, 1.54) is 0 Å². The fourth-order valence-electron chi connectivity index (χ4n) is 1.92. The molecule has 3 nitrogen and oxygen atoms in total. The predicted octanol–water partition coefficient (Wildman–Crippen LogP) is 3.07. The molecule has 1 fully saturated rings. The molecule has 1 aromatic rings. The molecular formula is C12H12F3NO2. The summed E-state index contributed by atoms with van der Waals surface area (Å²) >= 11 is 0. The smallest absolute Gasteiger partial charge is 0.419 e. The number of aromatic nitrogens is 1. The highest BCUT2D eigenvalue weighted by Crippen LogP contribution is 2.46. The summed E-state index contributed by atoms with van der Waals surface area (Å²) in [6.45, 7) is 1.57. The number of pyridine rings is 1. The Morgan fingerprint density at radius 2 is 2.06 bits per heavy atom. The Morgan fingerprint density at radius 3 is 2.50 bits per heavy atom. The number of esters is 1. The van der Waals surface area contributed by atoms with Crippen molar-refractivity contribution in [2.45, 2.75) is 31.9 Å². The normalized spacial score (nSPS) is 15.6. The zero-order chi connectivity index (χ0) is 13.5. The van der Waals surface area contributed by atoms with E-state index in [2.05, 4.69) is 9.72 Å². The third kappa shape index (κ3) is 2.32. The van der Waals surface area contributed by atoms with E-state index in [4.69, 9.17) is 0 Å². The summed E-state index contributed by atoms with van der Waals surface area (Å²) in [5.74, 6) is -1.17. The maximum Gasteiger partial charge on any atom is 0.419 e. The van der Waals surface area contributed by atoms with Gasteiger partial charge in [-0.15, -0.1) is 0 Å². The van der Waals surface area contributed by atoms with Crippen molar-refractivity contribution in [3.05, 3.63) is 28.6 Å². The van der Waals surface area contributed by atoms with Crippen molar-refractivity contribution in [3.63, 3.8) is 0 Å². The molecule has 0 aromatic carbocycles. The molecule has 0 unspecified atom stereocenters. The second-order valence-corrected chi connectivity index (χ2v) is 4.34. The van der Waals surface area contributed by atoms with Gasteiger partial charge >= 0.3 is 12.1 Å². The molecule has 2 rings (SSSR count). The number of halogens is 3. The van der Waals surface area contributed by atoms with E-state index in [-0.39, 0.29) is 11.6 Å². The van der Waals surface area contributed by atoms with E-state index in [0.717, 1.165) is 13.2 Å². The van der Waals surface area contributed by atoms with Crippen LogP contribution in [0.4, 0.5) is 13.2 Å². The first-order chi connectivity index (χ1) is 8.34. The van der Waals surface area contributed by atoms with Gasteiger partial charge in [0.25, 0.3) is 0 Å². The van der Waals surface area contributed by atoms with Gasteiger partial charge in [-0.2, -0.15) is 13.2 Å². The molecule has 0 radical (unpaired) electrons. The summed E-state index contributed by atoms with van der Waals surface area (Å²) in [6, 6.07) is 1.13. The topological polar surface area (TPSA) is 39.2 Å². The first kappa shape index (κ1) is 12.9. The van der Waals surface area contributed by atoms with E-state index in [1.807, 2.05) is 0 Å². The molecule has 18 heavy (non-hydrogen) atoms. The fraction of sp³-hybridized carbons (Fsp3) is 0.500. The van der Waals surface area contributed by atoms with Crippen LogP contribution < -0.4 is 0 Å². The molecule has 0 aliphatic heterocycles. The second kappa shape index (κ2) is 4.26. The van der Waals surface area contributed by atoms with Crippen LogP contribution in [-0.2, 0) is 10.9 Å². The highest BCUT2D eigenvalue weighted by atomic mass is 19.4. The lowest BCUT2D eigenvalue weighted by Gasteiger charge is -2.16. The number of nitrogens with zero attached hydrogens (tertiary/aromatic N) is 1. The number of methoxy groups -OCH3 is 1. The minimum absolute atomic E-state index is 0.0251. The Labute approximate surface area is 102 Å². The van der Waals surface area contributed by atoms with Crippen molar-refractivity contribution in [1.82, 2.24) is 4.98 Å². The average Bonchev–Trinajstić information content (AvgIpc) is 3.08. The van der Waals surface area contributed by atoms with E-state index >= 15 is 0 Å². The number of carbonyl (C=O) groups excluding carboxylic acids is 1. The number of hydrogen-bond acceptors (Lipinski definition) is 3. The molecule has 1 aromatic heterocycles. The SMILES string of the molecule is COC(=O)c1cc(C)nc(C2CC2)c1C(F)(F)F. The number of hydrogen-bond donors (Lipinski definition) is 0. The molecule has 0 amide bonds. The standard InChI is InChI=1S/C12H12F3NO2/c1-6-5-8(11(17)18-2)9(12(13,14)15)10(16-6)7-3-4-7/h5,7H,3-4H2,1-2H3. The van der Waals surface area contributed by atoms with Gasteiger partial charge in [0.2, 0.25) is 0 Å².